The van der Waals surface area contributed by atoms with E-state index in [1.807, 2.05) is 0 Å². The Morgan fingerprint density at radius 3 is 2.22 bits per heavy atom. The third-order valence-electron chi connectivity index (χ3n) is 0.881. The van der Waals surface area contributed by atoms with Crippen LogP contribution in [0.25, 0.3) is 0 Å². The number of rotatable bonds is 3. The maximum absolute atomic E-state index is 9.81. The van der Waals surface area contributed by atoms with E-state index in [4.69, 9.17) is 10.2 Å². The molecule has 0 saturated carbocycles. The topological polar surface area (TPSA) is 57.5 Å². The number of carboxylic acid groups (broad SMARTS) is 1. The normalized spacial score (nSPS) is 11.8. The summed E-state index contributed by atoms with van der Waals surface area (Å²) in [6.45, 7) is 1.74. The number of aliphatic hydroxyl groups excluding tert-OH is 1. The molecule has 49 valence electrons. The second-order valence-electron chi connectivity index (χ2n) is 1.66. The predicted octanol–water partition coefficient (Wildman–Crippen LogP) is -0.149. The molecule has 4 heteroatoms. The first-order valence-corrected chi connectivity index (χ1v) is 2.56. The van der Waals surface area contributed by atoms with Crippen molar-refractivity contribution in [3.05, 3.63) is 0 Å². The molecular weight excluding hydrogens is 131 g/mol. The van der Waals surface area contributed by atoms with Gasteiger partial charge in [-0.15, -0.1) is 0 Å². The Labute approximate surface area is 76.4 Å². The van der Waals surface area contributed by atoms with E-state index in [9.17, 15) is 4.79 Å². The van der Waals surface area contributed by atoms with Crippen molar-refractivity contribution in [2.45, 2.75) is 25.9 Å². The van der Waals surface area contributed by atoms with E-state index < -0.39 is 12.1 Å². The second kappa shape index (κ2) is 6.55. The number of carboxylic acids is 1. The van der Waals surface area contributed by atoms with Crippen molar-refractivity contribution < 1.29 is 15.0 Å². The van der Waals surface area contributed by atoms with Gasteiger partial charge in [-0.25, -0.2) is 0 Å². The molecule has 0 fully saturated rings. The van der Waals surface area contributed by atoms with Gasteiger partial charge < -0.3 is 10.2 Å². The van der Waals surface area contributed by atoms with Crippen LogP contribution < -0.4 is 0 Å². The molecule has 0 saturated heterocycles. The van der Waals surface area contributed by atoms with Gasteiger partial charge >= 0.3 is 5.97 Å². The van der Waals surface area contributed by atoms with E-state index in [0.29, 0.717) is 6.42 Å². The van der Waals surface area contributed by atoms with Crippen LogP contribution in [-0.4, -0.2) is 51.8 Å². The maximum Gasteiger partial charge on any atom is 0.305 e. The molecule has 0 rings (SSSR count). The van der Waals surface area contributed by atoms with Gasteiger partial charge in [0.1, 0.15) is 0 Å². The first-order valence-electron chi connectivity index (χ1n) is 2.56. The summed E-state index contributed by atoms with van der Waals surface area (Å²) >= 11 is 0. The van der Waals surface area contributed by atoms with Crippen LogP contribution in [0, 0.1) is 0 Å². The quantitative estimate of drug-likeness (QED) is 0.537. The van der Waals surface area contributed by atoms with Gasteiger partial charge in [-0.05, 0) is 6.42 Å². The number of aliphatic hydroxyl groups is 1. The Bertz CT molecular complexity index is 84.3. The molecule has 0 spiro atoms. The van der Waals surface area contributed by atoms with Gasteiger partial charge in [0.25, 0.3) is 0 Å². The molecule has 1 unspecified atom stereocenters. The monoisotopic (exact) mass is 141 g/mol. The summed E-state index contributed by atoms with van der Waals surface area (Å²) in [5, 5.41) is 16.7. The van der Waals surface area contributed by atoms with Crippen LogP contribution in [0.5, 0.6) is 0 Å². The Morgan fingerprint density at radius 1 is 1.67 bits per heavy atom. The largest absolute Gasteiger partial charge is 0.481 e. The molecule has 0 aliphatic rings. The minimum Gasteiger partial charge on any atom is -0.481 e. The van der Waals surface area contributed by atoms with Crippen molar-refractivity contribution in [2.24, 2.45) is 0 Å². The average Bonchev–Trinajstić information content (AvgIpc) is 1.65. The summed E-state index contributed by atoms with van der Waals surface area (Å²) in [5.41, 5.74) is 0. The fourth-order valence-electron chi connectivity index (χ4n) is 0.346. The molecule has 1 radical (unpaired) electrons. The minimum absolute atomic E-state index is 0. The summed E-state index contributed by atoms with van der Waals surface area (Å²) in [5.74, 6) is -0.945. The standard InChI is InChI=1S/C5H10O3.Na/c1-2-4(6)3-5(7)8;/h4,6H,2-3H2,1H3,(H,7,8);. The van der Waals surface area contributed by atoms with Crippen molar-refractivity contribution in [2.75, 3.05) is 0 Å². The molecular formula is C5H10NaO3. The summed E-state index contributed by atoms with van der Waals surface area (Å²) in [6, 6.07) is 0. The molecule has 0 aromatic heterocycles. The Kier molecular flexibility index (Phi) is 8.83. The Balaban J connectivity index is 0. The third kappa shape index (κ3) is 8.43. The van der Waals surface area contributed by atoms with Gasteiger partial charge in [-0.2, -0.15) is 0 Å². The minimum atomic E-state index is -0.945. The van der Waals surface area contributed by atoms with E-state index in [2.05, 4.69) is 0 Å². The Hall–Kier alpha value is 0.430. The van der Waals surface area contributed by atoms with E-state index >= 15 is 0 Å². The first-order chi connectivity index (χ1) is 3.66. The van der Waals surface area contributed by atoms with Crippen LogP contribution in [0.4, 0.5) is 0 Å². The van der Waals surface area contributed by atoms with Gasteiger partial charge in [-0.1, -0.05) is 6.92 Å². The zero-order valence-corrected chi connectivity index (χ0v) is 7.79. The molecule has 9 heavy (non-hydrogen) atoms. The summed E-state index contributed by atoms with van der Waals surface area (Å²) in [6.07, 6.45) is -0.310. The second-order valence-corrected chi connectivity index (χ2v) is 1.66. The summed E-state index contributed by atoms with van der Waals surface area (Å²) < 4.78 is 0. The molecule has 0 aliphatic carbocycles. The Morgan fingerprint density at radius 2 is 2.11 bits per heavy atom. The van der Waals surface area contributed by atoms with Gasteiger partial charge in [0.2, 0.25) is 0 Å². The van der Waals surface area contributed by atoms with Crippen LogP contribution in [0.15, 0.2) is 0 Å². The number of carbonyl (C=O) groups is 1. The van der Waals surface area contributed by atoms with Crippen LogP contribution in [-0.2, 0) is 4.79 Å². The molecule has 1 atom stereocenters. The van der Waals surface area contributed by atoms with Gasteiger partial charge in [0.05, 0.1) is 12.5 Å². The van der Waals surface area contributed by atoms with Crippen molar-refractivity contribution in [3.8, 4) is 0 Å². The van der Waals surface area contributed by atoms with Gasteiger partial charge in [0, 0.05) is 29.6 Å². The molecule has 0 aromatic carbocycles. The fourth-order valence-corrected chi connectivity index (χ4v) is 0.346. The van der Waals surface area contributed by atoms with Crippen molar-refractivity contribution >= 4 is 35.5 Å². The molecule has 3 nitrogen and oxygen atoms in total. The van der Waals surface area contributed by atoms with Crippen molar-refractivity contribution in [1.82, 2.24) is 0 Å². The van der Waals surface area contributed by atoms with Gasteiger partial charge in [0.15, 0.2) is 0 Å². The van der Waals surface area contributed by atoms with E-state index in [0.717, 1.165) is 0 Å². The number of hydrogen-bond acceptors (Lipinski definition) is 2. The maximum atomic E-state index is 9.81. The van der Waals surface area contributed by atoms with Crippen molar-refractivity contribution in [3.63, 3.8) is 0 Å². The van der Waals surface area contributed by atoms with E-state index in [1.165, 1.54) is 0 Å². The van der Waals surface area contributed by atoms with Crippen LogP contribution in [0.1, 0.15) is 19.8 Å². The fraction of sp³-hybridized carbons (Fsp3) is 0.800. The summed E-state index contributed by atoms with van der Waals surface area (Å²) in [4.78, 5) is 9.81. The predicted molar refractivity (Wildman–Crippen MR) is 34.3 cm³/mol. The zero-order valence-electron chi connectivity index (χ0n) is 5.79. The van der Waals surface area contributed by atoms with Crippen LogP contribution >= 0.6 is 0 Å². The number of aliphatic carboxylic acids is 1. The molecule has 0 amide bonds. The molecule has 2 N–H and O–H groups in total. The molecule has 0 aromatic rings. The SMILES string of the molecule is CCC(O)CC(=O)O.[Na]. The van der Waals surface area contributed by atoms with Crippen molar-refractivity contribution in [1.29, 1.82) is 0 Å². The molecule has 0 bridgehead atoms. The van der Waals surface area contributed by atoms with Gasteiger partial charge in [-0.3, -0.25) is 4.79 Å². The van der Waals surface area contributed by atoms with E-state index in [1.54, 1.807) is 6.92 Å². The van der Waals surface area contributed by atoms with Crippen LogP contribution in [0.2, 0.25) is 0 Å². The third-order valence-corrected chi connectivity index (χ3v) is 0.881. The zero-order chi connectivity index (χ0) is 6.57. The van der Waals surface area contributed by atoms with Crippen LogP contribution in [0.3, 0.4) is 0 Å². The van der Waals surface area contributed by atoms with E-state index in [-0.39, 0.29) is 36.0 Å². The first kappa shape index (κ1) is 12.1. The molecule has 0 heterocycles. The number of hydrogen-bond donors (Lipinski definition) is 2. The smallest absolute Gasteiger partial charge is 0.305 e. The average molecular weight is 141 g/mol. The summed E-state index contributed by atoms with van der Waals surface area (Å²) in [7, 11) is 0. The molecule has 0 aliphatic heterocycles.